The van der Waals surface area contributed by atoms with Gasteiger partial charge in [0.15, 0.2) is 5.13 Å². The number of nitrogens with one attached hydrogen (secondary N) is 1. The van der Waals surface area contributed by atoms with Gasteiger partial charge in [0.05, 0.1) is 16.9 Å². The lowest BCUT2D eigenvalue weighted by molar-refractivity contribution is 0.100. The highest BCUT2D eigenvalue weighted by molar-refractivity contribution is 7.15. The fourth-order valence-corrected chi connectivity index (χ4v) is 3.46. The number of carbonyl (C=O) groups excluding carboxylic acids is 1. The maximum Gasteiger partial charge on any atom is 0.250 e. The first-order valence-electron chi connectivity index (χ1n) is 6.58. The number of hydrogen-bond donors (Lipinski definition) is 3. The lowest BCUT2D eigenvalue weighted by Gasteiger charge is -2.08. The summed E-state index contributed by atoms with van der Waals surface area (Å²) in [5.41, 5.74) is 13.8. The predicted octanol–water partition coefficient (Wildman–Crippen LogP) is 2.45. The average molecular weight is 288 g/mol. The Labute approximate surface area is 121 Å². The average Bonchev–Trinajstić information content (AvgIpc) is 2.82. The number of fused-ring (bicyclic) bond motifs is 1. The predicted molar refractivity (Wildman–Crippen MR) is 81.4 cm³/mol. The molecule has 104 valence electrons. The Morgan fingerprint density at radius 3 is 2.85 bits per heavy atom. The molecule has 1 aromatic carbocycles. The van der Waals surface area contributed by atoms with Gasteiger partial charge in [-0.05, 0) is 43.9 Å². The van der Waals surface area contributed by atoms with Crippen LogP contribution in [0.15, 0.2) is 18.2 Å². The summed E-state index contributed by atoms with van der Waals surface area (Å²) < 4.78 is 0. The number of aromatic nitrogens is 1. The molecule has 2 aromatic rings. The molecule has 0 radical (unpaired) electrons. The molecule has 0 fully saturated rings. The maximum atomic E-state index is 11.5. The van der Waals surface area contributed by atoms with Gasteiger partial charge in [-0.2, -0.15) is 0 Å². The SMILES string of the molecule is NC(=O)c1cc(N)ccc1Nc1nc2c(s1)CCCC2. The van der Waals surface area contributed by atoms with Crippen molar-refractivity contribution < 1.29 is 4.79 Å². The third-order valence-electron chi connectivity index (χ3n) is 3.40. The van der Waals surface area contributed by atoms with Crippen molar-refractivity contribution in [3.63, 3.8) is 0 Å². The van der Waals surface area contributed by atoms with Crippen LogP contribution in [0.1, 0.15) is 33.8 Å². The molecule has 0 saturated carbocycles. The summed E-state index contributed by atoms with van der Waals surface area (Å²) >= 11 is 1.65. The lowest BCUT2D eigenvalue weighted by atomic mass is 10.0. The highest BCUT2D eigenvalue weighted by Gasteiger charge is 2.16. The third kappa shape index (κ3) is 2.46. The van der Waals surface area contributed by atoms with Crippen molar-refractivity contribution in [2.24, 2.45) is 5.73 Å². The van der Waals surface area contributed by atoms with E-state index >= 15 is 0 Å². The van der Waals surface area contributed by atoms with E-state index in [0.717, 1.165) is 18.0 Å². The number of amides is 1. The number of nitrogens with zero attached hydrogens (tertiary/aromatic N) is 1. The Bertz CT molecular complexity index is 642. The summed E-state index contributed by atoms with van der Waals surface area (Å²) in [6.07, 6.45) is 4.56. The Morgan fingerprint density at radius 1 is 1.30 bits per heavy atom. The van der Waals surface area contributed by atoms with Crippen molar-refractivity contribution in [1.29, 1.82) is 0 Å². The second-order valence-electron chi connectivity index (χ2n) is 4.89. The smallest absolute Gasteiger partial charge is 0.250 e. The number of hydrogen-bond acceptors (Lipinski definition) is 5. The number of benzene rings is 1. The van der Waals surface area contributed by atoms with E-state index in [2.05, 4.69) is 10.3 Å². The van der Waals surface area contributed by atoms with Crippen molar-refractivity contribution in [2.45, 2.75) is 25.7 Å². The van der Waals surface area contributed by atoms with Crippen LogP contribution in [-0.4, -0.2) is 10.9 Å². The normalized spacial score (nSPS) is 13.8. The summed E-state index contributed by atoms with van der Waals surface area (Å²) in [7, 11) is 0. The molecule has 1 heterocycles. The minimum atomic E-state index is -0.499. The van der Waals surface area contributed by atoms with Crippen molar-refractivity contribution in [2.75, 3.05) is 11.1 Å². The number of carbonyl (C=O) groups is 1. The van der Waals surface area contributed by atoms with Crippen molar-refractivity contribution >= 4 is 33.8 Å². The summed E-state index contributed by atoms with van der Waals surface area (Å²) in [5, 5.41) is 4.00. The summed E-state index contributed by atoms with van der Waals surface area (Å²) in [4.78, 5) is 17.4. The van der Waals surface area contributed by atoms with Crippen LogP contribution in [0.25, 0.3) is 0 Å². The lowest BCUT2D eigenvalue weighted by Crippen LogP contribution is -2.13. The van der Waals surface area contributed by atoms with Gasteiger partial charge in [0.2, 0.25) is 0 Å². The van der Waals surface area contributed by atoms with Gasteiger partial charge in [-0.25, -0.2) is 4.98 Å². The molecule has 6 heteroatoms. The van der Waals surface area contributed by atoms with Crippen LogP contribution >= 0.6 is 11.3 Å². The molecule has 0 aliphatic heterocycles. The fraction of sp³-hybridized carbons (Fsp3) is 0.286. The van der Waals surface area contributed by atoms with Crippen LogP contribution in [0.4, 0.5) is 16.5 Å². The topological polar surface area (TPSA) is 94.0 Å². The molecule has 1 amide bonds. The number of rotatable bonds is 3. The van der Waals surface area contributed by atoms with Crippen molar-refractivity contribution in [3.05, 3.63) is 34.3 Å². The number of primary amides is 1. The van der Waals surface area contributed by atoms with Crippen LogP contribution in [0.2, 0.25) is 0 Å². The Hall–Kier alpha value is -2.08. The van der Waals surface area contributed by atoms with Gasteiger partial charge in [0, 0.05) is 10.6 Å². The molecule has 1 aliphatic carbocycles. The molecular formula is C14H16N4OS. The first-order chi connectivity index (χ1) is 9.63. The van der Waals surface area contributed by atoms with Gasteiger partial charge in [0.25, 0.3) is 5.91 Å². The van der Waals surface area contributed by atoms with E-state index in [1.807, 2.05) is 0 Å². The zero-order valence-corrected chi connectivity index (χ0v) is 11.8. The van der Waals surface area contributed by atoms with Crippen LogP contribution < -0.4 is 16.8 Å². The molecule has 0 spiro atoms. The number of thiazole rings is 1. The van der Waals surface area contributed by atoms with E-state index in [1.165, 1.54) is 23.4 Å². The monoisotopic (exact) mass is 288 g/mol. The van der Waals surface area contributed by atoms with Gasteiger partial charge < -0.3 is 16.8 Å². The number of nitrogen functional groups attached to an aromatic ring is 1. The van der Waals surface area contributed by atoms with Gasteiger partial charge in [0.1, 0.15) is 0 Å². The van der Waals surface area contributed by atoms with Crippen molar-refractivity contribution in [3.8, 4) is 0 Å². The maximum absolute atomic E-state index is 11.5. The van der Waals surface area contributed by atoms with E-state index in [0.29, 0.717) is 16.9 Å². The van der Waals surface area contributed by atoms with Crippen molar-refractivity contribution in [1.82, 2.24) is 4.98 Å². The van der Waals surface area contributed by atoms with Gasteiger partial charge in [-0.3, -0.25) is 4.79 Å². The van der Waals surface area contributed by atoms with E-state index < -0.39 is 5.91 Å². The van der Waals surface area contributed by atoms with E-state index in [-0.39, 0.29) is 0 Å². The summed E-state index contributed by atoms with van der Waals surface area (Å²) in [6.45, 7) is 0. The highest BCUT2D eigenvalue weighted by Crippen LogP contribution is 2.32. The van der Waals surface area contributed by atoms with Crippen LogP contribution in [-0.2, 0) is 12.8 Å². The quantitative estimate of drug-likeness (QED) is 0.756. The molecular weight excluding hydrogens is 272 g/mol. The zero-order chi connectivity index (χ0) is 14.1. The fourth-order valence-electron chi connectivity index (χ4n) is 2.40. The Morgan fingerprint density at radius 2 is 2.10 bits per heavy atom. The Kier molecular flexibility index (Phi) is 3.31. The molecule has 5 nitrogen and oxygen atoms in total. The number of anilines is 3. The molecule has 0 unspecified atom stereocenters. The highest BCUT2D eigenvalue weighted by atomic mass is 32.1. The number of aryl methyl sites for hydroxylation is 2. The van der Waals surface area contributed by atoms with Crippen LogP contribution in [0.3, 0.4) is 0 Å². The molecule has 0 saturated heterocycles. The first-order valence-corrected chi connectivity index (χ1v) is 7.40. The molecule has 20 heavy (non-hydrogen) atoms. The number of nitrogens with two attached hydrogens (primary N) is 2. The zero-order valence-electron chi connectivity index (χ0n) is 11.0. The first kappa shape index (κ1) is 12.9. The van der Waals surface area contributed by atoms with E-state index in [4.69, 9.17) is 11.5 Å². The molecule has 0 atom stereocenters. The van der Waals surface area contributed by atoms with Crippen LogP contribution in [0.5, 0.6) is 0 Å². The largest absolute Gasteiger partial charge is 0.399 e. The standard InChI is InChI=1S/C14H16N4OS/c15-8-5-6-10(9(7-8)13(16)19)17-14-18-11-3-1-2-4-12(11)20-14/h5-7H,1-4,15H2,(H2,16,19)(H,17,18). The van der Waals surface area contributed by atoms with Gasteiger partial charge >= 0.3 is 0 Å². The molecule has 3 rings (SSSR count). The minimum Gasteiger partial charge on any atom is -0.399 e. The molecule has 1 aromatic heterocycles. The van der Waals surface area contributed by atoms with Crippen LogP contribution in [0, 0.1) is 0 Å². The second kappa shape index (κ2) is 5.13. The van der Waals surface area contributed by atoms with E-state index in [9.17, 15) is 4.79 Å². The summed E-state index contributed by atoms with van der Waals surface area (Å²) in [5.74, 6) is -0.499. The molecule has 5 N–H and O–H groups in total. The molecule has 1 aliphatic rings. The third-order valence-corrected chi connectivity index (χ3v) is 4.47. The minimum absolute atomic E-state index is 0.387. The van der Waals surface area contributed by atoms with Gasteiger partial charge in [-0.1, -0.05) is 0 Å². The van der Waals surface area contributed by atoms with E-state index in [1.54, 1.807) is 29.5 Å². The second-order valence-corrected chi connectivity index (χ2v) is 5.97. The molecule has 0 bridgehead atoms. The van der Waals surface area contributed by atoms with Gasteiger partial charge in [-0.15, -0.1) is 11.3 Å². The summed E-state index contributed by atoms with van der Waals surface area (Å²) in [6, 6.07) is 5.08. The Balaban J connectivity index is 1.91.